The smallest absolute Gasteiger partial charge is 0.272 e. The molecular weight excluding hydrogens is 392 g/mol. The Morgan fingerprint density at radius 3 is 2.41 bits per heavy atom. The van der Waals surface area contributed by atoms with Crippen molar-refractivity contribution in [2.75, 3.05) is 0 Å². The molecule has 0 atom stereocenters. The van der Waals surface area contributed by atoms with Crippen LogP contribution >= 0.6 is 11.6 Å². The molecule has 0 aliphatic rings. The van der Waals surface area contributed by atoms with Crippen molar-refractivity contribution in [3.8, 4) is 0 Å². The maximum absolute atomic E-state index is 12.6. The van der Waals surface area contributed by atoms with Gasteiger partial charge in [0.05, 0.1) is 10.4 Å². The van der Waals surface area contributed by atoms with Gasteiger partial charge in [0.25, 0.3) is 21.5 Å². The van der Waals surface area contributed by atoms with E-state index in [2.05, 4.69) is 10.5 Å². The van der Waals surface area contributed by atoms with E-state index in [9.17, 15) is 18.0 Å². The molecule has 0 aliphatic carbocycles. The van der Waals surface area contributed by atoms with E-state index in [1.54, 1.807) is 37.3 Å². The molecule has 0 bridgehead atoms. The van der Waals surface area contributed by atoms with Gasteiger partial charge in [-0.1, -0.05) is 41.9 Å². The van der Waals surface area contributed by atoms with Gasteiger partial charge in [-0.15, -0.1) is 4.83 Å². The van der Waals surface area contributed by atoms with Gasteiger partial charge in [-0.3, -0.25) is 15.0 Å². The molecule has 0 spiro atoms. The number of hydrazine groups is 1. The highest BCUT2D eigenvalue weighted by molar-refractivity contribution is 7.89. The summed E-state index contributed by atoms with van der Waals surface area (Å²) in [5.74, 6) is -0.802. The normalized spacial score (nSPS) is 11.5. The van der Waals surface area contributed by atoms with E-state index < -0.39 is 15.9 Å². The fraction of sp³-hybridized carbons (Fsp3) is 0.118. The van der Waals surface area contributed by atoms with Gasteiger partial charge in [0.2, 0.25) is 0 Å². The number of nitrogens with one attached hydrogen (secondary N) is 2. The molecule has 0 radical (unpaired) electrons. The summed E-state index contributed by atoms with van der Waals surface area (Å²) in [6, 6.07) is 12.3. The highest BCUT2D eigenvalue weighted by Crippen LogP contribution is 2.20. The summed E-state index contributed by atoms with van der Waals surface area (Å²) in [6.07, 6.45) is 0. The Balaban J connectivity index is 1.95. The van der Waals surface area contributed by atoms with Crippen molar-refractivity contribution in [3.63, 3.8) is 0 Å². The quantitative estimate of drug-likeness (QED) is 0.626. The van der Waals surface area contributed by atoms with Crippen LogP contribution in [0.2, 0.25) is 5.02 Å². The van der Waals surface area contributed by atoms with Gasteiger partial charge in [0.1, 0.15) is 4.90 Å². The molecule has 10 heteroatoms. The maximum atomic E-state index is 12.6. The summed E-state index contributed by atoms with van der Waals surface area (Å²) in [5, 5.41) is 4.69. The number of carbonyl (C=O) groups is 1. The molecule has 27 heavy (non-hydrogen) atoms. The van der Waals surface area contributed by atoms with Crippen LogP contribution in [0.3, 0.4) is 0 Å². The Morgan fingerprint density at radius 2 is 1.74 bits per heavy atom. The molecular formula is C17H15ClN4O4S. The van der Waals surface area contributed by atoms with Crippen LogP contribution in [0.5, 0.6) is 0 Å². The van der Waals surface area contributed by atoms with E-state index in [-0.39, 0.29) is 27.7 Å². The molecule has 2 aromatic carbocycles. The predicted molar refractivity (Wildman–Crippen MR) is 101 cm³/mol. The number of carbonyl (C=O) groups excluding carboxylic acids is 1. The minimum atomic E-state index is -4.08. The third-order valence-electron chi connectivity index (χ3n) is 3.81. The molecule has 1 amide bonds. The van der Waals surface area contributed by atoms with E-state index in [0.717, 1.165) is 4.68 Å². The van der Waals surface area contributed by atoms with E-state index in [1.807, 2.05) is 4.83 Å². The standard InChI is InChI=1S/C17H15ClN4O4S/c1-2-22-17(24)12-8-4-3-7-11(12)15(20-22)16(23)19-21-27(25,26)14-10-6-5-9-13(14)18/h3-10,21H,2H2,1H3,(H,19,23). The zero-order valence-electron chi connectivity index (χ0n) is 14.1. The third-order valence-corrected chi connectivity index (χ3v) is 5.55. The highest BCUT2D eigenvalue weighted by atomic mass is 35.5. The van der Waals surface area contributed by atoms with Crippen molar-refractivity contribution < 1.29 is 13.2 Å². The van der Waals surface area contributed by atoms with Crippen molar-refractivity contribution in [1.29, 1.82) is 0 Å². The first-order valence-corrected chi connectivity index (χ1v) is 9.78. The number of nitrogens with zero attached hydrogens (tertiary/aromatic N) is 2. The summed E-state index contributed by atoms with van der Waals surface area (Å²) in [4.78, 5) is 26.7. The molecule has 0 unspecified atom stereocenters. The summed E-state index contributed by atoms with van der Waals surface area (Å²) in [5.41, 5.74) is 1.71. The molecule has 3 rings (SSSR count). The van der Waals surface area contributed by atoms with Gasteiger partial charge in [0, 0.05) is 11.9 Å². The molecule has 140 valence electrons. The van der Waals surface area contributed by atoms with Crippen LogP contribution in [0.15, 0.2) is 58.2 Å². The first-order chi connectivity index (χ1) is 12.8. The minimum Gasteiger partial charge on any atom is -0.272 e. The number of sulfonamides is 1. The molecule has 2 N–H and O–H groups in total. The number of benzene rings is 2. The van der Waals surface area contributed by atoms with Crippen LogP contribution in [0.4, 0.5) is 0 Å². The van der Waals surface area contributed by atoms with Crippen LogP contribution in [-0.4, -0.2) is 24.1 Å². The van der Waals surface area contributed by atoms with Crippen molar-refractivity contribution >= 4 is 38.3 Å². The second-order valence-electron chi connectivity index (χ2n) is 5.51. The molecule has 0 fully saturated rings. The summed E-state index contributed by atoms with van der Waals surface area (Å²) in [6.45, 7) is 1.97. The summed E-state index contributed by atoms with van der Waals surface area (Å²) < 4.78 is 25.8. The predicted octanol–water partition coefficient (Wildman–Crippen LogP) is 1.69. The lowest BCUT2D eigenvalue weighted by atomic mass is 10.1. The van der Waals surface area contributed by atoms with Crippen LogP contribution in [0, 0.1) is 0 Å². The van der Waals surface area contributed by atoms with E-state index in [0.29, 0.717) is 10.8 Å². The molecule has 0 aliphatic heterocycles. The second-order valence-corrected chi connectivity index (χ2v) is 7.56. The van der Waals surface area contributed by atoms with Gasteiger partial charge in [0.15, 0.2) is 5.69 Å². The Bertz CT molecular complexity index is 1190. The number of halogens is 1. The number of aromatic nitrogens is 2. The Morgan fingerprint density at radius 1 is 1.11 bits per heavy atom. The van der Waals surface area contributed by atoms with Crippen LogP contribution < -0.4 is 15.8 Å². The SMILES string of the molecule is CCn1nc(C(=O)NNS(=O)(=O)c2ccccc2Cl)c2ccccc2c1=O. The van der Waals surface area contributed by atoms with Gasteiger partial charge >= 0.3 is 0 Å². The van der Waals surface area contributed by atoms with E-state index in [1.165, 1.54) is 18.2 Å². The topological polar surface area (TPSA) is 110 Å². The molecule has 0 saturated heterocycles. The molecule has 1 aromatic heterocycles. The molecule has 3 aromatic rings. The van der Waals surface area contributed by atoms with Gasteiger partial charge in [-0.2, -0.15) is 5.10 Å². The number of hydrogen-bond acceptors (Lipinski definition) is 5. The average Bonchev–Trinajstić information content (AvgIpc) is 2.67. The largest absolute Gasteiger partial charge is 0.287 e. The van der Waals surface area contributed by atoms with E-state index >= 15 is 0 Å². The van der Waals surface area contributed by atoms with Crippen LogP contribution in [-0.2, 0) is 16.6 Å². The molecule has 8 nitrogen and oxygen atoms in total. The first kappa shape index (κ1) is 19.0. The third kappa shape index (κ3) is 3.70. The lowest BCUT2D eigenvalue weighted by Crippen LogP contribution is -2.42. The average molecular weight is 407 g/mol. The number of aryl methyl sites for hydroxylation is 1. The fourth-order valence-corrected chi connectivity index (χ4v) is 3.87. The van der Waals surface area contributed by atoms with E-state index in [4.69, 9.17) is 11.6 Å². The Hall–Kier alpha value is -2.75. The van der Waals surface area contributed by atoms with Gasteiger partial charge in [-0.25, -0.2) is 13.1 Å². The van der Waals surface area contributed by atoms with Crippen molar-refractivity contribution in [3.05, 3.63) is 69.6 Å². The zero-order valence-corrected chi connectivity index (χ0v) is 15.7. The van der Waals surface area contributed by atoms with Crippen molar-refractivity contribution in [2.45, 2.75) is 18.4 Å². The first-order valence-electron chi connectivity index (χ1n) is 7.91. The molecule has 0 saturated carbocycles. The lowest BCUT2D eigenvalue weighted by Gasteiger charge is -2.11. The molecule has 1 heterocycles. The Labute approximate surface area is 159 Å². The second kappa shape index (κ2) is 7.47. The Kier molecular flexibility index (Phi) is 5.26. The monoisotopic (exact) mass is 406 g/mol. The summed E-state index contributed by atoms with van der Waals surface area (Å²) in [7, 11) is -4.08. The number of amides is 1. The summed E-state index contributed by atoms with van der Waals surface area (Å²) >= 11 is 5.89. The van der Waals surface area contributed by atoms with Crippen molar-refractivity contribution in [1.82, 2.24) is 20.0 Å². The fourth-order valence-electron chi connectivity index (χ4n) is 2.51. The van der Waals surface area contributed by atoms with Gasteiger partial charge < -0.3 is 0 Å². The van der Waals surface area contributed by atoms with Crippen LogP contribution in [0.25, 0.3) is 10.8 Å². The lowest BCUT2D eigenvalue weighted by molar-refractivity contribution is 0.0939. The number of hydrogen-bond donors (Lipinski definition) is 2. The number of rotatable bonds is 5. The maximum Gasteiger partial charge on any atom is 0.287 e. The number of fused-ring (bicyclic) bond motifs is 1. The van der Waals surface area contributed by atoms with Gasteiger partial charge in [-0.05, 0) is 25.1 Å². The highest BCUT2D eigenvalue weighted by Gasteiger charge is 2.21. The zero-order chi connectivity index (χ0) is 19.6. The van der Waals surface area contributed by atoms with Crippen molar-refractivity contribution in [2.24, 2.45) is 0 Å². The minimum absolute atomic E-state index is 0.0161. The van der Waals surface area contributed by atoms with Crippen LogP contribution in [0.1, 0.15) is 17.4 Å².